The maximum Gasteiger partial charge on any atom is 0.259 e. The van der Waals surface area contributed by atoms with Crippen molar-refractivity contribution in [2.24, 2.45) is 0 Å². The molecule has 6 nitrogen and oxygen atoms in total. The summed E-state index contributed by atoms with van der Waals surface area (Å²) in [6, 6.07) is 14.5. The molecule has 0 spiro atoms. The number of hydrogen-bond acceptors (Lipinski definition) is 4. The molecule has 3 aromatic rings. The first kappa shape index (κ1) is 20.1. The summed E-state index contributed by atoms with van der Waals surface area (Å²) in [5.41, 5.74) is 3.79. The van der Waals surface area contributed by atoms with Crippen LogP contribution < -0.4 is 10.2 Å². The van der Waals surface area contributed by atoms with Gasteiger partial charge in [-0.15, -0.1) is 0 Å². The zero-order chi connectivity index (χ0) is 21.3. The number of anilines is 2. The Morgan fingerprint density at radius 2 is 1.77 bits per heavy atom. The van der Waals surface area contributed by atoms with Crippen LogP contribution in [-0.4, -0.2) is 53.8 Å². The van der Waals surface area contributed by atoms with Crippen molar-refractivity contribution in [2.75, 3.05) is 37.4 Å². The maximum atomic E-state index is 13.2. The summed E-state index contributed by atoms with van der Waals surface area (Å²) >= 11 is 0. The molecule has 1 N–H and O–H groups in total. The molecule has 1 aliphatic heterocycles. The van der Waals surface area contributed by atoms with Gasteiger partial charge in [0.05, 0.1) is 23.1 Å². The van der Waals surface area contributed by atoms with Crippen LogP contribution >= 0.6 is 0 Å². The topological polar surface area (TPSA) is 53.4 Å². The first-order valence-corrected chi connectivity index (χ1v) is 10.1. The lowest BCUT2D eigenvalue weighted by molar-refractivity contribution is 0.102. The number of likely N-dealkylation sites (N-methyl/N-ethyl adjacent to an activating group) is 1. The highest BCUT2D eigenvalue weighted by molar-refractivity contribution is 6.05. The second kappa shape index (κ2) is 8.28. The van der Waals surface area contributed by atoms with Gasteiger partial charge in [0.2, 0.25) is 0 Å². The molecule has 156 valence electrons. The third-order valence-electron chi connectivity index (χ3n) is 5.71. The number of halogens is 1. The van der Waals surface area contributed by atoms with E-state index >= 15 is 0 Å². The summed E-state index contributed by atoms with van der Waals surface area (Å²) in [4.78, 5) is 17.4. The molecule has 1 unspecified atom stereocenters. The number of carbonyl (C=O) groups excluding carboxylic acids is 1. The molecule has 1 atom stereocenters. The number of nitrogens with one attached hydrogen (secondary N) is 1. The third kappa shape index (κ3) is 4.07. The van der Waals surface area contributed by atoms with Crippen molar-refractivity contribution in [1.82, 2.24) is 14.7 Å². The van der Waals surface area contributed by atoms with E-state index in [9.17, 15) is 9.18 Å². The van der Waals surface area contributed by atoms with Gasteiger partial charge in [-0.05, 0) is 76.0 Å². The van der Waals surface area contributed by atoms with Gasteiger partial charge in [-0.25, -0.2) is 9.07 Å². The lowest BCUT2D eigenvalue weighted by Crippen LogP contribution is -2.31. The predicted molar refractivity (Wildman–Crippen MR) is 117 cm³/mol. The van der Waals surface area contributed by atoms with E-state index in [2.05, 4.69) is 34.3 Å². The molecule has 7 heteroatoms. The fourth-order valence-corrected chi connectivity index (χ4v) is 3.83. The molecule has 1 aliphatic rings. The Morgan fingerprint density at radius 3 is 2.40 bits per heavy atom. The van der Waals surface area contributed by atoms with Crippen molar-refractivity contribution in [1.29, 1.82) is 0 Å². The van der Waals surface area contributed by atoms with Crippen LogP contribution in [0.3, 0.4) is 0 Å². The molecule has 1 saturated heterocycles. The fraction of sp³-hybridized carbons (Fsp3) is 0.304. The monoisotopic (exact) mass is 407 g/mol. The van der Waals surface area contributed by atoms with E-state index in [1.165, 1.54) is 18.3 Å². The second-order valence-electron chi connectivity index (χ2n) is 7.88. The largest absolute Gasteiger partial charge is 0.370 e. The molecule has 0 bridgehead atoms. The zero-order valence-electron chi connectivity index (χ0n) is 17.5. The molecule has 1 amide bonds. The Bertz CT molecular complexity index is 1030. The van der Waals surface area contributed by atoms with E-state index in [-0.39, 0.29) is 11.7 Å². The van der Waals surface area contributed by atoms with Gasteiger partial charge in [0.1, 0.15) is 5.82 Å². The SMILES string of the molecule is Cc1c(C(=O)Nc2ccc(N3CCC(N(C)C)C3)cc2)cnn1-c1ccc(F)cc1. The minimum atomic E-state index is -0.309. The van der Waals surface area contributed by atoms with Crippen molar-refractivity contribution in [3.05, 3.63) is 71.8 Å². The summed E-state index contributed by atoms with van der Waals surface area (Å²) in [5, 5.41) is 7.23. The number of hydrogen-bond donors (Lipinski definition) is 1. The lowest BCUT2D eigenvalue weighted by atomic mass is 10.2. The molecule has 0 aliphatic carbocycles. The number of nitrogens with zero attached hydrogens (tertiary/aromatic N) is 4. The molecule has 1 fully saturated rings. The summed E-state index contributed by atoms with van der Waals surface area (Å²) in [7, 11) is 4.24. The number of amides is 1. The van der Waals surface area contributed by atoms with E-state index in [4.69, 9.17) is 0 Å². The first-order chi connectivity index (χ1) is 14.4. The molecular weight excluding hydrogens is 381 g/mol. The van der Waals surface area contributed by atoms with Crippen molar-refractivity contribution < 1.29 is 9.18 Å². The minimum Gasteiger partial charge on any atom is -0.370 e. The maximum absolute atomic E-state index is 13.2. The van der Waals surface area contributed by atoms with Crippen LogP contribution in [0.4, 0.5) is 15.8 Å². The van der Waals surface area contributed by atoms with E-state index in [1.807, 2.05) is 31.2 Å². The summed E-state index contributed by atoms with van der Waals surface area (Å²) in [6.45, 7) is 3.87. The highest BCUT2D eigenvalue weighted by Crippen LogP contribution is 2.24. The Morgan fingerprint density at radius 1 is 1.10 bits per heavy atom. The Labute approximate surface area is 175 Å². The van der Waals surface area contributed by atoms with Crippen LogP contribution in [0.2, 0.25) is 0 Å². The number of benzene rings is 2. The Kier molecular flexibility index (Phi) is 5.55. The van der Waals surface area contributed by atoms with E-state index in [1.54, 1.807) is 16.8 Å². The summed E-state index contributed by atoms with van der Waals surface area (Å²) < 4.78 is 14.8. The van der Waals surface area contributed by atoms with Gasteiger partial charge in [-0.3, -0.25) is 4.79 Å². The fourth-order valence-electron chi connectivity index (χ4n) is 3.83. The molecule has 0 saturated carbocycles. The van der Waals surface area contributed by atoms with E-state index in [0.29, 0.717) is 23.0 Å². The molecule has 2 aromatic carbocycles. The quantitative estimate of drug-likeness (QED) is 0.701. The van der Waals surface area contributed by atoms with Gasteiger partial charge < -0.3 is 15.1 Å². The lowest BCUT2D eigenvalue weighted by Gasteiger charge is -2.22. The number of carbonyl (C=O) groups is 1. The summed E-state index contributed by atoms with van der Waals surface area (Å²) in [6.07, 6.45) is 2.69. The van der Waals surface area contributed by atoms with Gasteiger partial charge in [-0.1, -0.05) is 0 Å². The Balaban J connectivity index is 1.44. The van der Waals surface area contributed by atoms with Crippen LogP contribution in [0.25, 0.3) is 5.69 Å². The van der Waals surface area contributed by atoms with Gasteiger partial charge in [0.15, 0.2) is 0 Å². The third-order valence-corrected chi connectivity index (χ3v) is 5.71. The molecule has 2 heterocycles. The van der Waals surface area contributed by atoms with Crippen LogP contribution in [0, 0.1) is 12.7 Å². The normalized spacial score (nSPS) is 16.3. The van der Waals surface area contributed by atoms with Gasteiger partial charge in [0.25, 0.3) is 5.91 Å². The van der Waals surface area contributed by atoms with Crippen LogP contribution in [0.15, 0.2) is 54.7 Å². The minimum absolute atomic E-state index is 0.220. The standard InChI is InChI=1S/C23H26FN5O/c1-16-22(14-25-29(16)20-8-4-17(24)5-9-20)23(30)26-18-6-10-19(11-7-18)28-13-12-21(15-28)27(2)3/h4-11,14,21H,12-13,15H2,1-3H3,(H,26,30). The van der Waals surface area contributed by atoms with Crippen molar-refractivity contribution >= 4 is 17.3 Å². The summed E-state index contributed by atoms with van der Waals surface area (Å²) in [5.74, 6) is -0.529. The van der Waals surface area contributed by atoms with Crippen molar-refractivity contribution in [3.63, 3.8) is 0 Å². The van der Waals surface area contributed by atoms with Crippen molar-refractivity contribution in [3.8, 4) is 5.69 Å². The van der Waals surface area contributed by atoms with Gasteiger partial charge >= 0.3 is 0 Å². The van der Waals surface area contributed by atoms with Gasteiger partial charge in [0, 0.05) is 30.5 Å². The molecule has 4 rings (SSSR count). The van der Waals surface area contributed by atoms with E-state index < -0.39 is 0 Å². The van der Waals surface area contributed by atoms with Crippen LogP contribution in [0.1, 0.15) is 22.5 Å². The van der Waals surface area contributed by atoms with Crippen molar-refractivity contribution in [2.45, 2.75) is 19.4 Å². The van der Waals surface area contributed by atoms with E-state index in [0.717, 1.165) is 30.9 Å². The number of rotatable bonds is 5. The van der Waals surface area contributed by atoms with Crippen LogP contribution in [-0.2, 0) is 0 Å². The molecule has 30 heavy (non-hydrogen) atoms. The highest BCUT2D eigenvalue weighted by Gasteiger charge is 2.24. The molecular formula is C23H26FN5O. The second-order valence-corrected chi connectivity index (χ2v) is 7.88. The highest BCUT2D eigenvalue weighted by atomic mass is 19.1. The average molecular weight is 407 g/mol. The molecule has 0 radical (unpaired) electrons. The average Bonchev–Trinajstić information content (AvgIpc) is 3.37. The molecule has 1 aromatic heterocycles. The smallest absolute Gasteiger partial charge is 0.259 e. The predicted octanol–water partition coefficient (Wildman–Crippen LogP) is 3.71. The zero-order valence-corrected chi connectivity index (χ0v) is 17.5. The van der Waals surface area contributed by atoms with Gasteiger partial charge in [-0.2, -0.15) is 5.10 Å². The van der Waals surface area contributed by atoms with Crippen LogP contribution in [0.5, 0.6) is 0 Å². The first-order valence-electron chi connectivity index (χ1n) is 10.1. The number of aromatic nitrogens is 2. The Hall–Kier alpha value is -3.19.